The summed E-state index contributed by atoms with van der Waals surface area (Å²) in [5.74, 6) is -2.94. The van der Waals surface area contributed by atoms with Crippen molar-refractivity contribution in [1.82, 2.24) is 0 Å². The lowest BCUT2D eigenvalue weighted by atomic mass is 10.1. The highest BCUT2D eigenvalue weighted by molar-refractivity contribution is 4.71. The molecule has 1 atom stereocenters. The van der Waals surface area contributed by atoms with Crippen LogP contribution in [0.4, 0.5) is 13.2 Å². The molecule has 0 aliphatic carbocycles. The summed E-state index contributed by atoms with van der Waals surface area (Å²) >= 11 is 0. The first-order chi connectivity index (χ1) is 5.02. The molecule has 0 spiro atoms. The Labute approximate surface area is 64.5 Å². The minimum atomic E-state index is -2.94. The molecule has 0 aliphatic heterocycles. The monoisotopic (exact) mass is 170 g/mol. The van der Waals surface area contributed by atoms with E-state index in [1.165, 1.54) is 0 Å². The molecule has 0 rings (SSSR count). The molecule has 0 bridgehead atoms. The van der Waals surface area contributed by atoms with Crippen LogP contribution in [0.15, 0.2) is 0 Å². The molecule has 0 aliphatic rings. The highest BCUT2D eigenvalue weighted by atomic mass is 19.3. The molecule has 0 aromatic carbocycles. The van der Waals surface area contributed by atoms with Gasteiger partial charge in [-0.2, -0.15) is 0 Å². The van der Waals surface area contributed by atoms with Crippen molar-refractivity contribution in [1.29, 1.82) is 0 Å². The Morgan fingerprint density at radius 2 is 2.00 bits per heavy atom. The Morgan fingerprint density at radius 3 is 2.27 bits per heavy atom. The van der Waals surface area contributed by atoms with E-state index in [4.69, 9.17) is 0 Å². The van der Waals surface area contributed by atoms with Crippen molar-refractivity contribution >= 4 is 0 Å². The van der Waals surface area contributed by atoms with Crippen LogP contribution in [0.5, 0.6) is 0 Å². The molecule has 11 heavy (non-hydrogen) atoms. The summed E-state index contributed by atoms with van der Waals surface area (Å²) in [7, 11) is 0. The number of hydrogen-bond donors (Lipinski definition) is 0. The molecule has 0 saturated carbocycles. The normalized spacial score (nSPS) is 15.0. The van der Waals surface area contributed by atoms with Crippen LogP contribution in [0.3, 0.4) is 0 Å². The van der Waals surface area contributed by atoms with E-state index in [0.717, 1.165) is 6.92 Å². The van der Waals surface area contributed by atoms with Gasteiger partial charge in [0.25, 0.3) is 5.92 Å². The fourth-order valence-corrected chi connectivity index (χ4v) is 0.821. The van der Waals surface area contributed by atoms with Gasteiger partial charge in [-0.3, -0.25) is 0 Å². The minimum Gasteiger partial charge on any atom is -0.341 e. The summed E-state index contributed by atoms with van der Waals surface area (Å²) in [6.07, 6.45) is -0.529. The molecular formula is C7H13F3O. The van der Waals surface area contributed by atoms with Crippen molar-refractivity contribution in [3.8, 4) is 0 Å². The van der Waals surface area contributed by atoms with Crippen molar-refractivity contribution in [3.05, 3.63) is 0 Å². The molecule has 0 fully saturated rings. The van der Waals surface area contributed by atoms with E-state index in [1.807, 2.05) is 0 Å². The average Bonchev–Trinajstić information content (AvgIpc) is 1.85. The zero-order valence-electron chi connectivity index (χ0n) is 6.74. The molecule has 1 nitrogen and oxygen atoms in total. The van der Waals surface area contributed by atoms with Crippen molar-refractivity contribution < 1.29 is 17.9 Å². The molecule has 0 heterocycles. The third-order valence-electron chi connectivity index (χ3n) is 1.38. The topological polar surface area (TPSA) is 9.23 Å². The number of rotatable bonds is 5. The maximum atomic E-state index is 12.5. The van der Waals surface area contributed by atoms with Crippen LogP contribution in [0.2, 0.25) is 0 Å². The lowest BCUT2D eigenvalue weighted by Crippen LogP contribution is -2.32. The Balaban J connectivity index is 3.88. The number of hydrogen-bond acceptors (Lipinski definition) is 1. The van der Waals surface area contributed by atoms with Crippen LogP contribution in [0.25, 0.3) is 0 Å². The molecule has 0 radical (unpaired) electrons. The molecule has 0 aromatic heterocycles. The summed E-state index contributed by atoms with van der Waals surface area (Å²) in [6.45, 7) is 1.34. The van der Waals surface area contributed by atoms with Crippen molar-refractivity contribution in [2.75, 3.05) is 6.86 Å². The van der Waals surface area contributed by atoms with Crippen molar-refractivity contribution in [2.24, 2.45) is 0 Å². The number of halogens is 3. The van der Waals surface area contributed by atoms with E-state index in [-0.39, 0.29) is 6.42 Å². The van der Waals surface area contributed by atoms with Gasteiger partial charge in [0.15, 0.2) is 6.86 Å². The first-order valence-electron chi connectivity index (χ1n) is 3.57. The van der Waals surface area contributed by atoms with Gasteiger partial charge in [-0.05, 0) is 6.42 Å². The van der Waals surface area contributed by atoms with E-state index < -0.39 is 18.9 Å². The fraction of sp³-hybridized carbons (Fsp3) is 1.00. The SMILES string of the molecule is CCCC(OCF)C(C)(F)F. The lowest BCUT2D eigenvalue weighted by molar-refractivity contribution is -0.146. The second-order valence-corrected chi connectivity index (χ2v) is 2.51. The van der Waals surface area contributed by atoms with Gasteiger partial charge < -0.3 is 4.74 Å². The molecule has 0 N–H and O–H groups in total. The Kier molecular flexibility index (Phi) is 4.49. The third kappa shape index (κ3) is 4.24. The standard InChI is InChI=1S/C7H13F3O/c1-3-4-6(11-5-8)7(2,9)10/h6H,3-5H2,1-2H3. The molecule has 4 heteroatoms. The Morgan fingerprint density at radius 1 is 1.45 bits per heavy atom. The summed E-state index contributed by atoms with van der Waals surface area (Å²) in [6, 6.07) is 0. The van der Waals surface area contributed by atoms with Gasteiger partial charge in [0.1, 0.15) is 6.10 Å². The predicted octanol–water partition coefficient (Wildman–Crippen LogP) is 2.75. The maximum absolute atomic E-state index is 12.5. The van der Waals surface area contributed by atoms with E-state index in [2.05, 4.69) is 4.74 Å². The number of alkyl halides is 3. The van der Waals surface area contributed by atoms with Crippen LogP contribution in [-0.4, -0.2) is 18.9 Å². The van der Waals surface area contributed by atoms with Crippen LogP contribution < -0.4 is 0 Å². The molecular weight excluding hydrogens is 157 g/mol. The van der Waals surface area contributed by atoms with Crippen LogP contribution in [-0.2, 0) is 4.74 Å². The summed E-state index contributed by atoms with van der Waals surface area (Å²) < 4.78 is 40.7. The molecule has 0 amide bonds. The zero-order chi connectivity index (χ0) is 8.91. The third-order valence-corrected chi connectivity index (χ3v) is 1.38. The first-order valence-corrected chi connectivity index (χ1v) is 3.57. The van der Waals surface area contributed by atoms with Gasteiger partial charge in [-0.25, -0.2) is 13.2 Å². The van der Waals surface area contributed by atoms with Crippen LogP contribution in [0.1, 0.15) is 26.7 Å². The molecule has 68 valence electrons. The lowest BCUT2D eigenvalue weighted by Gasteiger charge is -2.21. The van der Waals surface area contributed by atoms with E-state index >= 15 is 0 Å². The largest absolute Gasteiger partial charge is 0.341 e. The van der Waals surface area contributed by atoms with Crippen LogP contribution >= 0.6 is 0 Å². The van der Waals surface area contributed by atoms with Crippen LogP contribution in [0, 0.1) is 0 Å². The van der Waals surface area contributed by atoms with Gasteiger partial charge >= 0.3 is 0 Å². The number of ether oxygens (including phenoxy) is 1. The smallest absolute Gasteiger partial charge is 0.271 e. The minimum absolute atomic E-state index is 0.188. The average molecular weight is 170 g/mol. The van der Waals surface area contributed by atoms with Gasteiger partial charge in [0.05, 0.1) is 0 Å². The van der Waals surface area contributed by atoms with Gasteiger partial charge in [0, 0.05) is 6.92 Å². The van der Waals surface area contributed by atoms with E-state index in [9.17, 15) is 13.2 Å². The molecule has 0 aromatic rings. The second kappa shape index (κ2) is 4.59. The van der Waals surface area contributed by atoms with Gasteiger partial charge in [-0.1, -0.05) is 13.3 Å². The van der Waals surface area contributed by atoms with Crippen molar-refractivity contribution in [2.45, 2.75) is 38.7 Å². The van der Waals surface area contributed by atoms with Gasteiger partial charge in [-0.15, -0.1) is 0 Å². The quantitative estimate of drug-likeness (QED) is 0.616. The maximum Gasteiger partial charge on any atom is 0.271 e. The van der Waals surface area contributed by atoms with E-state index in [1.54, 1.807) is 6.92 Å². The highest BCUT2D eigenvalue weighted by Gasteiger charge is 2.34. The van der Waals surface area contributed by atoms with Crippen molar-refractivity contribution in [3.63, 3.8) is 0 Å². The van der Waals surface area contributed by atoms with Gasteiger partial charge in [0.2, 0.25) is 0 Å². The second-order valence-electron chi connectivity index (χ2n) is 2.51. The molecule has 1 unspecified atom stereocenters. The summed E-state index contributed by atoms with van der Waals surface area (Å²) in [5.41, 5.74) is 0. The summed E-state index contributed by atoms with van der Waals surface area (Å²) in [4.78, 5) is 0. The molecule has 0 saturated heterocycles. The predicted molar refractivity (Wildman–Crippen MR) is 36.4 cm³/mol. The Bertz CT molecular complexity index is 94.3. The fourth-order valence-electron chi connectivity index (χ4n) is 0.821. The Hall–Kier alpha value is -0.250. The van der Waals surface area contributed by atoms with E-state index in [0.29, 0.717) is 6.42 Å². The zero-order valence-corrected chi connectivity index (χ0v) is 6.74. The first kappa shape index (κ1) is 10.8. The summed E-state index contributed by atoms with van der Waals surface area (Å²) in [5, 5.41) is 0. The highest BCUT2D eigenvalue weighted by Crippen LogP contribution is 2.23.